The molecule has 8 nitrogen and oxygen atoms in total. The average molecular weight is 465 g/mol. The second-order valence-electron chi connectivity index (χ2n) is 8.40. The highest BCUT2D eigenvalue weighted by atomic mass is 16.5. The lowest BCUT2D eigenvalue weighted by molar-refractivity contribution is -0.122. The molecular weight excluding hydrogens is 432 g/mol. The van der Waals surface area contributed by atoms with Gasteiger partial charge in [0.2, 0.25) is 11.8 Å². The number of benzene rings is 2. The van der Waals surface area contributed by atoms with Gasteiger partial charge in [-0.3, -0.25) is 9.59 Å². The molecule has 3 rings (SSSR count). The zero-order valence-electron chi connectivity index (χ0n) is 19.6. The maximum atomic E-state index is 12.5. The number of aliphatic hydroxyl groups excluding tert-OH is 1. The van der Waals surface area contributed by atoms with Crippen LogP contribution in [0.25, 0.3) is 0 Å². The molecule has 34 heavy (non-hydrogen) atoms. The van der Waals surface area contributed by atoms with Crippen LogP contribution in [0.3, 0.4) is 0 Å². The van der Waals surface area contributed by atoms with Gasteiger partial charge < -0.3 is 20.5 Å². The number of nitrogens with zero attached hydrogens (tertiary/aromatic N) is 1. The van der Waals surface area contributed by atoms with Crippen molar-refractivity contribution in [2.75, 3.05) is 18.5 Å². The fraction of sp³-hybridized carbons (Fsp3) is 0.346. The quantitative estimate of drug-likeness (QED) is 0.382. The van der Waals surface area contributed by atoms with Gasteiger partial charge in [0.05, 0.1) is 11.8 Å². The van der Waals surface area contributed by atoms with Crippen LogP contribution in [0, 0.1) is 5.92 Å². The van der Waals surface area contributed by atoms with E-state index in [0.717, 1.165) is 16.8 Å². The van der Waals surface area contributed by atoms with Gasteiger partial charge >= 0.3 is 0 Å². The van der Waals surface area contributed by atoms with E-state index < -0.39 is 12.1 Å². The molecule has 0 saturated carbocycles. The number of nitrogens with one attached hydrogen (secondary N) is 3. The molecule has 3 atom stereocenters. The molecule has 0 aromatic heterocycles. The summed E-state index contributed by atoms with van der Waals surface area (Å²) < 4.78 is 5.74. The first-order valence-electron chi connectivity index (χ1n) is 11.4. The number of amides is 2. The van der Waals surface area contributed by atoms with Crippen LogP contribution in [0.4, 0.5) is 5.69 Å². The van der Waals surface area contributed by atoms with E-state index >= 15 is 0 Å². The number of rotatable bonds is 11. The van der Waals surface area contributed by atoms with Crippen LogP contribution in [-0.2, 0) is 16.0 Å². The Labute approximate surface area is 200 Å². The van der Waals surface area contributed by atoms with Gasteiger partial charge in [-0.05, 0) is 42.7 Å². The molecule has 2 amide bonds. The highest BCUT2D eigenvalue weighted by molar-refractivity contribution is 6.06. The number of carbonyl (C=O) groups is 2. The molecule has 0 saturated heterocycles. The highest BCUT2D eigenvalue weighted by Crippen LogP contribution is 2.20. The summed E-state index contributed by atoms with van der Waals surface area (Å²) in [6.07, 6.45) is 2.12. The lowest BCUT2D eigenvalue weighted by Gasteiger charge is -2.20. The molecule has 1 aliphatic rings. The Bertz CT molecular complexity index is 1040. The third kappa shape index (κ3) is 7.00. The Balaban J connectivity index is 1.45. The number of para-hydroxylation sites is 1. The van der Waals surface area contributed by atoms with E-state index in [4.69, 9.17) is 4.74 Å². The van der Waals surface area contributed by atoms with Crippen LogP contribution in [0.1, 0.15) is 31.4 Å². The number of anilines is 1. The van der Waals surface area contributed by atoms with E-state index in [1.807, 2.05) is 43.3 Å². The predicted octanol–water partition coefficient (Wildman–Crippen LogP) is 2.63. The Morgan fingerprint density at radius 2 is 2.03 bits per heavy atom. The first-order chi connectivity index (χ1) is 16.4. The summed E-state index contributed by atoms with van der Waals surface area (Å²) in [7, 11) is 0. The zero-order chi connectivity index (χ0) is 24.5. The summed E-state index contributed by atoms with van der Waals surface area (Å²) in [5, 5.41) is 20.3. The van der Waals surface area contributed by atoms with Gasteiger partial charge in [-0.15, -0.1) is 6.58 Å². The van der Waals surface area contributed by atoms with Crippen molar-refractivity contribution in [2.24, 2.45) is 11.0 Å². The normalized spacial score (nSPS) is 17.2. The molecule has 0 bridgehead atoms. The van der Waals surface area contributed by atoms with Crippen molar-refractivity contribution >= 4 is 23.2 Å². The van der Waals surface area contributed by atoms with Crippen molar-refractivity contribution in [1.82, 2.24) is 10.7 Å². The van der Waals surface area contributed by atoms with Gasteiger partial charge in [0.25, 0.3) is 0 Å². The Kier molecular flexibility index (Phi) is 8.95. The summed E-state index contributed by atoms with van der Waals surface area (Å²) >= 11 is 0. The highest BCUT2D eigenvalue weighted by Gasteiger charge is 2.21. The predicted molar refractivity (Wildman–Crippen MR) is 133 cm³/mol. The molecule has 0 fully saturated rings. The molecule has 3 unspecified atom stereocenters. The number of aliphatic hydroxyl groups is 1. The summed E-state index contributed by atoms with van der Waals surface area (Å²) in [5.41, 5.74) is 5.88. The number of hydrazone groups is 1. The van der Waals surface area contributed by atoms with Crippen molar-refractivity contribution in [3.8, 4) is 5.75 Å². The van der Waals surface area contributed by atoms with Crippen LogP contribution in [0.15, 0.2) is 66.3 Å². The number of allylic oxidation sites excluding steroid dienone is 1. The van der Waals surface area contributed by atoms with E-state index in [2.05, 4.69) is 27.7 Å². The Hall–Kier alpha value is -3.49. The first-order valence-corrected chi connectivity index (χ1v) is 11.4. The minimum Gasteiger partial charge on any atom is -0.491 e. The maximum absolute atomic E-state index is 12.5. The number of hydrogen-bond acceptors (Lipinski definition) is 6. The summed E-state index contributed by atoms with van der Waals surface area (Å²) in [6.45, 7) is 7.76. The van der Waals surface area contributed by atoms with Crippen molar-refractivity contribution in [3.63, 3.8) is 0 Å². The minimum absolute atomic E-state index is 0.0317. The van der Waals surface area contributed by atoms with Crippen LogP contribution >= 0.6 is 0 Å². The Morgan fingerprint density at radius 1 is 1.29 bits per heavy atom. The average Bonchev–Trinajstić information content (AvgIpc) is 2.83. The SMILES string of the molecule is C=CCc1ccccc1OCC(O)CNC(C)C(=O)Nc1ccc(C2=NNC(=O)CC2C)cc1. The summed E-state index contributed by atoms with van der Waals surface area (Å²) in [5.74, 6) is 0.444. The number of ether oxygens (including phenoxy) is 1. The van der Waals surface area contributed by atoms with Gasteiger partial charge in [-0.25, -0.2) is 5.43 Å². The molecule has 8 heteroatoms. The van der Waals surface area contributed by atoms with Crippen molar-refractivity contribution in [1.29, 1.82) is 0 Å². The Morgan fingerprint density at radius 3 is 2.74 bits per heavy atom. The molecular formula is C26H32N4O4. The fourth-order valence-corrected chi connectivity index (χ4v) is 3.60. The topological polar surface area (TPSA) is 112 Å². The monoisotopic (exact) mass is 464 g/mol. The van der Waals surface area contributed by atoms with Gasteiger partial charge in [-0.2, -0.15) is 5.10 Å². The second kappa shape index (κ2) is 12.1. The molecule has 2 aromatic rings. The molecule has 2 aromatic carbocycles. The third-order valence-electron chi connectivity index (χ3n) is 5.53. The van der Waals surface area contributed by atoms with Crippen LogP contribution < -0.4 is 20.8 Å². The third-order valence-corrected chi connectivity index (χ3v) is 5.53. The van der Waals surface area contributed by atoms with E-state index in [1.54, 1.807) is 25.1 Å². The molecule has 0 radical (unpaired) electrons. The largest absolute Gasteiger partial charge is 0.491 e. The summed E-state index contributed by atoms with van der Waals surface area (Å²) in [4.78, 5) is 24.0. The van der Waals surface area contributed by atoms with Crippen LogP contribution in [-0.4, -0.2) is 47.9 Å². The number of hydrogen-bond donors (Lipinski definition) is 4. The van der Waals surface area contributed by atoms with E-state index in [0.29, 0.717) is 24.3 Å². The molecule has 1 aliphatic heterocycles. The van der Waals surface area contributed by atoms with Crippen LogP contribution in [0.5, 0.6) is 5.75 Å². The maximum Gasteiger partial charge on any atom is 0.241 e. The van der Waals surface area contributed by atoms with Gasteiger partial charge in [0.1, 0.15) is 18.5 Å². The van der Waals surface area contributed by atoms with Gasteiger partial charge in [-0.1, -0.05) is 43.3 Å². The fourth-order valence-electron chi connectivity index (χ4n) is 3.60. The molecule has 0 aliphatic carbocycles. The summed E-state index contributed by atoms with van der Waals surface area (Å²) in [6, 6.07) is 14.5. The molecule has 180 valence electrons. The molecule has 1 heterocycles. The standard InChI is InChI=1S/C26H32N4O4/c1-4-7-19-8-5-6-9-23(19)34-16-22(31)15-27-18(3)26(33)28-21-12-10-20(11-13-21)25-17(2)14-24(32)29-30-25/h4-6,8-13,17-18,22,27,31H,1,7,14-16H2,2-3H3,(H,28,33)(H,29,32). The van der Waals surface area contributed by atoms with Gasteiger partial charge in [0, 0.05) is 24.6 Å². The second-order valence-corrected chi connectivity index (χ2v) is 8.40. The minimum atomic E-state index is -0.773. The van der Waals surface area contributed by atoms with E-state index in [1.165, 1.54) is 0 Å². The van der Waals surface area contributed by atoms with Crippen molar-refractivity contribution < 1.29 is 19.4 Å². The smallest absolute Gasteiger partial charge is 0.241 e. The van der Waals surface area contributed by atoms with Crippen molar-refractivity contribution in [3.05, 3.63) is 72.3 Å². The van der Waals surface area contributed by atoms with Crippen LogP contribution in [0.2, 0.25) is 0 Å². The van der Waals surface area contributed by atoms with E-state index in [9.17, 15) is 14.7 Å². The van der Waals surface area contributed by atoms with E-state index in [-0.39, 0.29) is 30.9 Å². The first kappa shape index (κ1) is 25.1. The van der Waals surface area contributed by atoms with Gasteiger partial charge in [0.15, 0.2) is 0 Å². The molecule has 0 spiro atoms. The molecule has 4 N–H and O–H groups in total. The lowest BCUT2D eigenvalue weighted by atomic mass is 9.94. The van der Waals surface area contributed by atoms with Crippen molar-refractivity contribution in [2.45, 2.75) is 38.8 Å². The zero-order valence-corrected chi connectivity index (χ0v) is 19.6. The lowest BCUT2D eigenvalue weighted by Crippen LogP contribution is -2.43. The number of carbonyl (C=O) groups excluding carboxylic acids is 2.